The smallest absolute Gasteiger partial charge is 0.146 e. The molecular weight excluding hydrogens is 394 g/mol. The number of nitrogens with one attached hydrogen (secondary N) is 2. The molecule has 0 bridgehead atoms. The highest BCUT2D eigenvalue weighted by molar-refractivity contribution is 7.17. The van der Waals surface area contributed by atoms with E-state index in [1.807, 2.05) is 6.07 Å². The number of rotatable bonds is 7. The first kappa shape index (κ1) is 21.2. The summed E-state index contributed by atoms with van der Waals surface area (Å²) in [7, 11) is 0. The summed E-state index contributed by atoms with van der Waals surface area (Å²) in [6.45, 7) is 12.4. The van der Waals surface area contributed by atoms with E-state index in [4.69, 9.17) is 14.7 Å². The molecule has 2 aromatic heterocycles. The largest absolute Gasteiger partial charge is 0.379 e. The Morgan fingerprint density at radius 2 is 1.83 bits per heavy atom. The summed E-state index contributed by atoms with van der Waals surface area (Å²) in [5.41, 5.74) is 2.49. The van der Waals surface area contributed by atoms with Crippen LogP contribution in [-0.2, 0) is 11.3 Å². The maximum absolute atomic E-state index is 5.48. The van der Waals surface area contributed by atoms with Gasteiger partial charge in [0.1, 0.15) is 16.5 Å². The normalized spacial score (nSPS) is 15.6. The molecule has 1 aromatic carbocycles. The lowest BCUT2D eigenvalue weighted by Crippen LogP contribution is -2.38. The van der Waals surface area contributed by atoms with E-state index in [2.05, 4.69) is 66.0 Å². The van der Waals surface area contributed by atoms with Gasteiger partial charge in [-0.25, -0.2) is 9.97 Å². The van der Waals surface area contributed by atoms with Gasteiger partial charge in [0.05, 0.1) is 25.1 Å². The van der Waals surface area contributed by atoms with E-state index in [-0.39, 0.29) is 5.54 Å². The lowest BCUT2D eigenvalue weighted by molar-refractivity contribution is 0.0331. The molecule has 30 heavy (non-hydrogen) atoms. The van der Waals surface area contributed by atoms with Gasteiger partial charge in [-0.1, -0.05) is 30.3 Å². The van der Waals surface area contributed by atoms with Crippen LogP contribution in [0, 0.1) is 0 Å². The molecular formula is C23H31N5OS. The number of ether oxygens (including phenoxy) is 1. The number of thiophene rings is 1. The van der Waals surface area contributed by atoms with E-state index >= 15 is 0 Å². The highest BCUT2D eigenvalue weighted by Crippen LogP contribution is 2.37. The third kappa shape index (κ3) is 5.35. The summed E-state index contributed by atoms with van der Waals surface area (Å²) in [5, 5.41) is 10.4. The number of hydrogen-bond donors (Lipinski definition) is 2. The van der Waals surface area contributed by atoms with Crippen LogP contribution in [0.5, 0.6) is 0 Å². The van der Waals surface area contributed by atoms with Gasteiger partial charge in [-0.15, -0.1) is 11.3 Å². The minimum Gasteiger partial charge on any atom is -0.379 e. The third-order valence-electron chi connectivity index (χ3n) is 5.11. The molecule has 4 rings (SSSR count). The van der Waals surface area contributed by atoms with Gasteiger partial charge in [-0.2, -0.15) is 0 Å². The van der Waals surface area contributed by atoms with Gasteiger partial charge in [0.2, 0.25) is 0 Å². The molecule has 1 fully saturated rings. The van der Waals surface area contributed by atoms with Crippen LogP contribution >= 0.6 is 11.3 Å². The van der Waals surface area contributed by atoms with Crippen molar-refractivity contribution in [1.82, 2.24) is 20.2 Å². The Morgan fingerprint density at radius 3 is 2.57 bits per heavy atom. The van der Waals surface area contributed by atoms with Gasteiger partial charge in [0.25, 0.3) is 0 Å². The van der Waals surface area contributed by atoms with E-state index in [1.165, 1.54) is 11.1 Å². The maximum Gasteiger partial charge on any atom is 0.146 e. The zero-order valence-corrected chi connectivity index (χ0v) is 18.9. The molecule has 1 aliphatic rings. The van der Waals surface area contributed by atoms with Crippen LogP contribution in [0.2, 0.25) is 0 Å². The predicted octanol–water partition coefficient (Wildman–Crippen LogP) is 3.99. The Bertz CT molecular complexity index is 961. The first-order valence-corrected chi connectivity index (χ1v) is 11.5. The fourth-order valence-corrected chi connectivity index (χ4v) is 4.56. The highest BCUT2D eigenvalue weighted by atomic mass is 32.1. The van der Waals surface area contributed by atoms with Crippen molar-refractivity contribution in [3.63, 3.8) is 0 Å². The van der Waals surface area contributed by atoms with Crippen LogP contribution in [0.1, 0.15) is 26.6 Å². The monoisotopic (exact) mass is 425 g/mol. The van der Waals surface area contributed by atoms with Crippen LogP contribution in [0.3, 0.4) is 0 Å². The summed E-state index contributed by atoms with van der Waals surface area (Å²) >= 11 is 1.69. The molecule has 0 unspecified atom stereocenters. The average molecular weight is 426 g/mol. The molecule has 1 aliphatic heterocycles. The molecule has 0 radical (unpaired) electrons. The van der Waals surface area contributed by atoms with Crippen LogP contribution in [0.25, 0.3) is 21.3 Å². The van der Waals surface area contributed by atoms with Crippen molar-refractivity contribution in [1.29, 1.82) is 0 Å². The zero-order chi connectivity index (χ0) is 21.0. The Hall–Kier alpha value is -2.06. The summed E-state index contributed by atoms with van der Waals surface area (Å²) in [5.74, 6) is 1.80. The SMILES string of the molecule is CC(C)(C)NCCNc1nc(CN2CCOCC2)nc2scc(-c3ccccc3)c12. The lowest BCUT2D eigenvalue weighted by Gasteiger charge is -2.26. The standard InChI is InChI=1S/C23H31N5OS/c1-23(2,3)25-10-9-24-21-20-18(17-7-5-4-6-8-17)16-30-22(20)27-19(26-21)15-28-11-13-29-14-12-28/h4-8,16,25H,9-15H2,1-3H3,(H,24,26,27). The number of anilines is 1. The Labute approximate surface area is 182 Å². The number of nitrogens with zero attached hydrogens (tertiary/aromatic N) is 3. The molecule has 7 heteroatoms. The molecule has 3 aromatic rings. The van der Waals surface area contributed by atoms with E-state index in [1.54, 1.807) is 11.3 Å². The van der Waals surface area contributed by atoms with Crippen molar-refractivity contribution < 1.29 is 4.74 Å². The van der Waals surface area contributed by atoms with Gasteiger partial charge in [0.15, 0.2) is 0 Å². The van der Waals surface area contributed by atoms with Crippen LogP contribution in [-0.4, -0.2) is 59.8 Å². The molecule has 3 heterocycles. The van der Waals surface area contributed by atoms with Gasteiger partial charge in [0, 0.05) is 42.7 Å². The van der Waals surface area contributed by atoms with Crippen LogP contribution in [0.4, 0.5) is 5.82 Å². The number of aromatic nitrogens is 2. The van der Waals surface area contributed by atoms with Crippen molar-refractivity contribution in [2.45, 2.75) is 32.9 Å². The molecule has 0 aliphatic carbocycles. The third-order valence-corrected chi connectivity index (χ3v) is 5.98. The minimum absolute atomic E-state index is 0.0990. The predicted molar refractivity (Wildman–Crippen MR) is 125 cm³/mol. The van der Waals surface area contributed by atoms with Gasteiger partial charge < -0.3 is 15.4 Å². The zero-order valence-electron chi connectivity index (χ0n) is 18.1. The summed E-state index contributed by atoms with van der Waals surface area (Å²) in [4.78, 5) is 13.3. The van der Waals surface area contributed by atoms with E-state index in [9.17, 15) is 0 Å². The quantitative estimate of drug-likeness (QED) is 0.558. The second kappa shape index (κ2) is 9.39. The van der Waals surface area contributed by atoms with Gasteiger partial charge >= 0.3 is 0 Å². The maximum atomic E-state index is 5.48. The first-order valence-electron chi connectivity index (χ1n) is 10.6. The minimum atomic E-state index is 0.0990. The highest BCUT2D eigenvalue weighted by Gasteiger charge is 2.18. The molecule has 1 saturated heterocycles. The molecule has 2 N–H and O–H groups in total. The molecule has 160 valence electrons. The summed E-state index contributed by atoms with van der Waals surface area (Å²) < 4.78 is 5.48. The molecule has 0 spiro atoms. The lowest BCUT2D eigenvalue weighted by atomic mass is 10.1. The van der Waals surface area contributed by atoms with Crippen molar-refractivity contribution in [2.75, 3.05) is 44.7 Å². The fourth-order valence-electron chi connectivity index (χ4n) is 3.59. The van der Waals surface area contributed by atoms with E-state index < -0.39 is 0 Å². The van der Waals surface area contributed by atoms with Crippen LogP contribution in [0.15, 0.2) is 35.7 Å². The number of fused-ring (bicyclic) bond motifs is 1. The molecule has 0 atom stereocenters. The molecule has 6 nitrogen and oxygen atoms in total. The van der Waals surface area contributed by atoms with Crippen molar-refractivity contribution >= 4 is 27.4 Å². The summed E-state index contributed by atoms with van der Waals surface area (Å²) in [6, 6.07) is 10.5. The Morgan fingerprint density at radius 1 is 1.07 bits per heavy atom. The van der Waals surface area contributed by atoms with E-state index in [0.29, 0.717) is 0 Å². The Balaban J connectivity index is 1.63. The first-order chi connectivity index (χ1) is 14.5. The second-order valence-corrected chi connectivity index (χ2v) is 9.53. The van der Waals surface area contributed by atoms with Crippen LogP contribution < -0.4 is 10.6 Å². The van der Waals surface area contributed by atoms with Crippen molar-refractivity contribution in [3.8, 4) is 11.1 Å². The average Bonchev–Trinajstić information content (AvgIpc) is 3.16. The second-order valence-electron chi connectivity index (χ2n) is 8.68. The number of morpholine rings is 1. The molecule has 0 saturated carbocycles. The summed E-state index contributed by atoms with van der Waals surface area (Å²) in [6.07, 6.45) is 0. The number of benzene rings is 1. The molecule has 0 amide bonds. The van der Waals surface area contributed by atoms with Crippen molar-refractivity contribution in [2.24, 2.45) is 0 Å². The van der Waals surface area contributed by atoms with E-state index in [0.717, 1.165) is 67.8 Å². The van der Waals surface area contributed by atoms with Crippen molar-refractivity contribution in [3.05, 3.63) is 41.5 Å². The van der Waals surface area contributed by atoms with Gasteiger partial charge in [-0.3, -0.25) is 4.90 Å². The fraction of sp³-hybridized carbons (Fsp3) is 0.478. The number of hydrogen-bond acceptors (Lipinski definition) is 7. The van der Waals surface area contributed by atoms with Gasteiger partial charge in [-0.05, 0) is 26.3 Å². The topological polar surface area (TPSA) is 62.3 Å². The Kier molecular flexibility index (Phi) is 6.63.